The summed E-state index contributed by atoms with van der Waals surface area (Å²) in [7, 11) is 1.57. The van der Waals surface area contributed by atoms with E-state index in [4.69, 9.17) is 20.8 Å². The van der Waals surface area contributed by atoms with E-state index in [0.29, 0.717) is 27.9 Å². The Bertz CT molecular complexity index is 884. The highest BCUT2D eigenvalue weighted by Crippen LogP contribution is 2.23. The zero-order chi connectivity index (χ0) is 17.6. The first-order chi connectivity index (χ1) is 12.2. The molecule has 3 aromatic rings. The summed E-state index contributed by atoms with van der Waals surface area (Å²) in [6.07, 6.45) is 1.45. The third-order valence-corrected chi connectivity index (χ3v) is 3.72. The smallest absolute Gasteiger partial charge is 0.271 e. The lowest BCUT2D eigenvalue weighted by molar-refractivity contribution is 0.0955. The second-order valence-electron chi connectivity index (χ2n) is 5.14. The predicted molar refractivity (Wildman–Crippen MR) is 97.2 cm³/mol. The van der Waals surface area contributed by atoms with Crippen molar-refractivity contribution in [1.29, 1.82) is 0 Å². The molecule has 0 unspecified atom stereocenters. The van der Waals surface area contributed by atoms with E-state index in [2.05, 4.69) is 10.5 Å². The van der Waals surface area contributed by atoms with E-state index in [1.165, 1.54) is 6.21 Å². The number of nitrogens with one attached hydrogen (secondary N) is 1. The second-order valence-corrected chi connectivity index (χ2v) is 5.57. The minimum absolute atomic E-state index is 0.316. The Morgan fingerprint density at radius 2 is 1.80 bits per heavy atom. The van der Waals surface area contributed by atoms with Crippen molar-refractivity contribution in [2.45, 2.75) is 0 Å². The third kappa shape index (κ3) is 4.28. The van der Waals surface area contributed by atoms with Crippen LogP contribution in [0.3, 0.4) is 0 Å². The van der Waals surface area contributed by atoms with Gasteiger partial charge in [0.1, 0.15) is 17.3 Å². The molecule has 0 bridgehead atoms. The molecule has 0 aliphatic carbocycles. The number of carbonyl (C=O) groups is 1. The standard InChI is InChI=1S/C19H15ClN2O3/c1-24-16-8-4-14(5-9-16)19(23)22-21-12-17-10-11-18(25-17)13-2-6-15(20)7-3-13/h2-12H,1H3,(H,22,23)/b21-12-. The largest absolute Gasteiger partial charge is 0.497 e. The van der Waals surface area contributed by atoms with E-state index in [0.717, 1.165) is 5.56 Å². The maximum absolute atomic E-state index is 12.0. The van der Waals surface area contributed by atoms with Crippen LogP contribution in [0.25, 0.3) is 11.3 Å². The first-order valence-corrected chi connectivity index (χ1v) is 7.87. The molecular weight excluding hydrogens is 340 g/mol. The molecule has 0 aliphatic heterocycles. The molecule has 5 nitrogen and oxygen atoms in total. The maximum Gasteiger partial charge on any atom is 0.271 e. The van der Waals surface area contributed by atoms with E-state index in [-0.39, 0.29) is 5.91 Å². The van der Waals surface area contributed by atoms with Crippen molar-refractivity contribution >= 4 is 23.7 Å². The topological polar surface area (TPSA) is 63.8 Å². The number of rotatable bonds is 5. The van der Waals surface area contributed by atoms with Crippen molar-refractivity contribution in [3.05, 3.63) is 77.0 Å². The predicted octanol–water partition coefficient (Wildman–Crippen LogP) is 4.37. The Kier molecular flexibility index (Phi) is 5.16. The molecule has 1 aromatic heterocycles. The van der Waals surface area contributed by atoms with Crippen LogP contribution in [-0.2, 0) is 0 Å². The Balaban J connectivity index is 1.62. The van der Waals surface area contributed by atoms with E-state index in [1.54, 1.807) is 49.6 Å². The van der Waals surface area contributed by atoms with Gasteiger partial charge in [-0.15, -0.1) is 0 Å². The van der Waals surface area contributed by atoms with Crippen LogP contribution < -0.4 is 10.2 Å². The lowest BCUT2D eigenvalue weighted by atomic mass is 10.2. The molecular formula is C19H15ClN2O3. The summed E-state index contributed by atoms with van der Waals surface area (Å²) in [5, 5.41) is 4.58. The first-order valence-electron chi connectivity index (χ1n) is 7.49. The normalized spacial score (nSPS) is 10.8. The Morgan fingerprint density at radius 3 is 2.48 bits per heavy atom. The molecule has 1 amide bonds. The van der Waals surface area contributed by atoms with Gasteiger partial charge in [-0.1, -0.05) is 11.6 Å². The summed E-state index contributed by atoms with van der Waals surface area (Å²) < 4.78 is 10.7. The highest BCUT2D eigenvalue weighted by Gasteiger charge is 2.05. The van der Waals surface area contributed by atoms with Crippen molar-refractivity contribution in [1.82, 2.24) is 5.43 Å². The Morgan fingerprint density at radius 1 is 1.08 bits per heavy atom. The number of nitrogens with zero attached hydrogens (tertiary/aromatic N) is 1. The molecule has 0 saturated heterocycles. The summed E-state index contributed by atoms with van der Waals surface area (Å²) in [5.74, 6) is 1.59. The van der Waals surface area contributed by atoms with Crippen LogP contribution >= 0.6 is 11.6 Å². The molecule has 6 heteroatoms. The van der Waals surface area contributed by atoms with Crippen LogP contribution in [0.4, 0.5) is 0 Å². The van der Waals surface area contributed by atoms with Gasteiger partial charge in [0.15, 0.2) is 0 Å². The molecule has 1 N–H and O–H groups in total. The molecule has 0 aliphatic rings. The van der Waals surface area contributed by atoms with E-state index in [1.807, 2.05) is 18.2 Å². The number of furan rings is 1. The van der Waals surface area contributed by atoms with Crippen LogP contribution in [0.2, 0.25) is 5.02 Å². The van der Waals surface area contributed by atoms with E-state index < -0.39 is 0 Å². The van der Waals surface area contributed by atoms with Gasteiger partial charge in [-0.2, -0.15) is 5.10 Å². The van der Waals surface area contributed by atoms with Crippen molar-refractivity contribution in [3.8, 4) is 17.1 Å². The van der Waals surface area contributed by atoms with Gasteiger partial charge >= 0.3 is 0 Å². The van der Waals surface area contributed by atoms with E-state index >= 15 is 0 Å². The minimum Gasteiger partial charge on any atom is -0.497 e. The zero-order valence-corrected chi connectivity index (χ0v) is 14.2. The fourth-order valence-electron chi connectivity index (χ4n) is 2.15. The third-order valence-electron chi connectivity index (χ3n) is 3.47. The van der Waals surface area contributed by atoms with Gasteiger partial charge in [0.25, 0.3) is 5.91 Å². The Labute approximate surface area is 149 Å². The SMILES string of the molecule is COc1ccc(C(=O)N/N=C\c2ccc(-c3ccc(Cl)cc3)o2)cc1. The fraction of sp³-hybridized carbons (Fsp3) is 0.0526. The summed E-state index contributed by atoms with van der Waals surface area (Å²) >= 11 is 5.87. The Hall–Kier alpha value is -3.05. The average Bonchev–Trinajstić information content (AvgIpc) is 3.11. The second kappa shape index (κ2) is 7.68. The fourth-order valence-corrected chi connectivity index (χ4v) is 2.28. The van der Waals surface area contributed by atoms with Gasteiger partial charge in [0.2, 0.25) is 0 Å². The molecule has 0 radical (unpaired) electrons. The lowest BCUT2D eigenvalue weighted by Gasteiger charge is -2.01. The quantitative estimate of drug-likeness (QED) is 0.546. The minimum atomic E-state index is -0.316. The number of hydrogen-bond donors (Lipinski definition) is 1. The molecule has 1 heterocycles. The number of benzene rings is 2. The molecule has 0 atom stereocenters. The van der Waals surface area contributed by atoms with Crippen molar-refractivity contribution in [2.75, 3.05) is 7.11 Å². The first kappa shape index (κ1) is 16.8. The van der Waals surface area contributed by atoms with Crippen LogP contribution in [0.15, 0.2) is 70.2 Å². The highest BCUT2D eigenvalue weighted by molar-refractivity contribution is 6.30. The summed E-state index contributed by atoms with van der Waals surface area (Å²) in [5.41, 5.74) is 3.85. The number of methoxy groups -OCH3 is 1. The molecule has 0 saturated carbocycles. The van der Waals surface area contributed by atoms with Crippen LogP contribution in [0, 0.1) is 0 Å². The van der Waals surface area contributed by atoms with Crippen LogP contribution in [-0.4, -0.2) is 19.2 Å². The van der Waals surface area contributed by atoms with Gasteiger partial charge in [-0.05, 0) is 60.7 Å². The number of hydrazone groups is 1. The highest BCUT2D eigenvalue weighted by atomic mass is 35.5. The number of hydrogen-bond acceptors (Lipinski definition) is 4. The molecule has 0 fully saturated rings. The van der Waals surface area contributed by atoms with Gasteiger partial charge in [0.05, 0.1) is 13.3 Å². The molecule has 2 aromatic carbocycles. The van der Waals surface area contributed by atoms with Crippen LogP contribution in [0.5, 0.6) is 5.75 Å². The molecule has 25 heavy (non-hydrogen) atoms. The van der Waals surface area contributed by atoms with E-state index in [9.17, 15) is 4.79 Å². The molecule has 3 rings (SSSR count). The number of ether oxygens (including phenoxy) is 1. The number of amides is 1. The van der Waals surface area contributed by atoms with Crippen molar-refractivity contribution < 1.29 is 13.9 Å². The number of carbonyl (C=O) groups excluding carboxylic acids is 1. The monoisotopic (exact) mass is 354 g/mol. The van der Waals surface area contributed by atoms with Crippen molar-refractivity contribution in [3.63, 3.8) is 0 Å². The van der Waals surface area contributed by atoms with Gasteiger partial charge in [-0.3, -0.25) is 4.79 Å². The molecule has 126 valence electrons. The average molecular weight is 355 g/mol. The summed E-state index contributed by atoms with van der Waals surface area (Å²) in [4.78, 5) is 12.0. The number of halogens is 1. The van der Waals surface area contributed by atoms with Crippen LogP contribution in [0.1, 0.15) is 16.1 Å². The van der Waals surface area contributed by atoms with Gasteiger partial charge in [-0.25, -0.2) is 5.43 Å². The van der Waals surface area contributed by atoms with Crippen molar-refractivity contribution in [2.24, 2.45) is 5.10 Å². The zero-order valence-electron chi connectivity index (χ0n) is 13.4. The van der Waals surface area contributed by atoms with Gasteiger partial charge in [0, 0.05) is 16.1 Å². The van der Waals surface area contributed by atoms with Gasteiger partial charge < -0.3 is 9.15 Å². The lowest BCUT2D eigenvalue weighted by Crippen LogP contribution is -2.17. The summed E-state index contributed by atoms with van der Waals surface area (Å²) in [6.45, 7) is 0. The maximum atomic E-state index is 12.0. The molecule has 0 spiro atoms. The summed E-state index contributed by atoms with van der Waals surface area (Å²) in [6, 6.07) is 17.7.